The zero-order valence-electron chi connectivity index (χ0n) is 14.5. The van der Waals surface area contributed by atoms with Crippen molar-refractivity contribution in [3.05, 3.63) is 66.4 Å². The molecule has 136 valence electrons. The molecule has 0 saturated carbocycles. The SMILES string of the molecule is CS(=O)(=O)CCn1cc(N)c(-c2ccc(OCc3ccccc3)cc2)n1. The van der Waals surface area contributed by atoms with Crippen molar-refractivity contribution >= 4 is 15.5 Å². The first-order valence-corrected chi connectivity index (χ1v) is 10.2. The van der Waals surface area contributed by atoms with Gasteiger partial charge in [-0.2, -0.15) is 5.10 Å². The number of aryl methyl sites for hydroxylation is 1. The molecule has 0 aliphatic carbocycles. The third-order valence-electron chi connectivity index (χ3n) is 3.86. The number of hydrogen-bond donors (Lipinski definition) is 1. The standard InChI is InChI=1S/C19H21N3O3S/c1-26(23,24)12-11-22-13-18(20)19(21-22)16-7-9-17(10-8-16)25-14-15-5-3-2-4-6-15/h2-10,13H,11-12,14,20H2,1H3. The summed E-state index contributed by atoms with van der Waals surface area (Å²) in [5.41, 5.74) is 9.12. The number of nitrogens with two attached hydrogens (primary N) is 1. The Labute approximate surface area is 153 Å². The summed E-state index contributed by atoms with van der Waals surface area (Å²) in [5, 5.41) is 4.39. The van der Waals surface area contributed by atoms with Crippen LogP contribution in [0.2, 0.25) is 0 Å². The quantitative estimate of drug-likeness (QED) is 0.690. The van der Waals surface area contributed by atoms with Crippen LogP contribution in [0, 0.1) is 0 Å². The van der Waals surface area contributed by atoms with E-state index in [4.69, 9.17) is 10.5 Å². The van der Waals surface area contributed by atoms with Gasteiger partial charge in [-0.3, -0.25) is 4.68 Å². The first kappa shape index (κ1) is 18.0. The van der Waals surface area contributed by atoms with E-state index in [9.17, 15) is 8.42 Å². The van der Waals surface area contributed by atoms with Crippen LogP contribution in [0.3, 0.4) is 0 Å². The third kappa shape index (κ3) is 4.86. The van der Waals surface area contributed by atoms with Crippen LogP contribution < -0.4 is 10.5 Å². The summed E-state index contributed by atoms with van der Waals surface area (Å²) in [4.78, 5) is 0. The zero-order valence-corrected chi connectivity index (χ0v) is 15.3. The molecular formula is C19H21N3O3S. The second-order valence-electron chi connectivity index (χ2n) is 6.12. The molecule has 2 N–H and O–H groups in total. The van der Waals surface area contributed by atoms with Gasteiger partial charge in [0.25, 0.3) is 0 Å². The number of benzene rings is 2. The van der Waals surface area contributed by atoms with E-state index < -0.39 is 9.84 Å². The number of ether oxygens (including phenoxy) is 1. The largest absolute Gasteiger partial charge is 0.489 e. The van der Waals surface area contributed by atoms with Gasteiger partial charge in [0.05, 0.1) is 18.0 Å². The van der Waals surface area contributed by atoms with Gasteiger partial charge >= 0.3 is 0 Å². The minimum absolute atomic E-state index is 0.0276. The Morgan fingerprint density at radius 2 is 1.77 bits per heavy atom. The van der Waals surface area contributed by atoms with Crippen LogP contribution in [-0.4, -0.2) is 30.2 Å². The van der Waals surface area contributed by atoms with E-state index in [0.717, 1.165) is 16.9 Å². The molecule has 0 unspecified atom stereocenters. The van der Waals surface area contributed by atoms with Crippen LogP contribution >= 0.6 is 0 Å². The highest BCUT2D eigenvalue weighted by Crippen LogP contribution is 2.26. The number of aromatic nitrogens is 2. The Balaban J connectivity index is 1.67. The molecule has 0 saturated heterocycles. The zero-order chi connectivity index (χ0) is 18.6. The van der Waals surface area contributed by atoms with E-state index in [1.807, 2.05) is 54.6 Å². The van der Waals surface area contributed by atoms with Crippen LogP contribution in [0.15, 0.2) is 60.8 Å². The van der Waals surface area contributed by atoms with Crippen molar-refractivity contribution in [2.45, 2.75) is 13.2 Å². The molecule has 0 bridgehead atoms. The summed E-state index contributed by atoms with van der Waals surface area (Å²) in [5.74, 6) is 0.785. The molecule has 0 aliphatic heterocycles. The number of hydrogen-bond acceptors (Lipinski definition) is 5. The summed E-state index contributed by atoms with van der Waals surface area (Å²) >= 11 is 0. The van der Waals surface area contributed by atoms with E-state index in [-0.39, 0.29) is 12.3 Å². The van der Waals surface area contributed by atoms with Gasteiger partial charge in [-0.15, -0.1) is 0 Å². The average molecular weight is 371 g/mol. The molecule has 6 nitrogen and oxygen atoms in total. The summed E-state index contributed by atoms with van der Waals surface area (Å²) in [6, 6.07) is 17.5. The molecule has 2 aromatic carbocycles. The van der Waals surface area contributed by atoms with Crippen LogP contribution in [0.5, 0.6) is 5.75 Å². The number of anilines is 1. The monoisotopic (exact) mass is 371 g/mol. The normalized spacial score (nSPS) is 11.4. The molecule has 7 heteroatoms. The van der Waals surface area contributed by atoms with Crippen LogP contribution in [0.25, 0.3) is 11.3 Å². The number of rotatable bonds is 7. The molecule has 3 aromatic rings. The van der Waals surface area contributed by atoms with E-state index in [2.05, 4.69) is 5.10 Å². The van der Waals surface area contributed by atoms with Crippen molar-refractivity contribution in [1.29, 1.82) is 0 Å². The number of nitrogen functional groups attached to an aromatic ring is 1. The molecule has 0 atom stereocenters. The predicted octanol–water partition coefficient (Wildman–Crippen LogP) is 2.76. The van der Waals surface area contributed by atoms with Gasteiger partial charge in [-0.1, -0.05) is 30.3 Å². The summed E-state index contributed by atoms with van der Waals surface area (Å²) < 4.78 is 29.9. The second kappa shape index (κ2) is 7.61. The maximum Gasteiger partial charge on any atom is 0.149 e. The van der Waals surface area contributed by atoms with Crippen LogP contribution in [0.1, 0.15) is 5.56 Å². The Morgan fingerprint density at radius 3 is 2.42 bits per heavy atom. The van der Waals surface area contributed by atoms with Gasteiger partial charge < -0.3 is 10.5 Å². The van der Waals surface area contributed by atoms with Crippen molar-refractivity contribution in [2.75, 3.05) is 17.7 Å². The fourth-order valence-corrected chi connectivity index (χ4v) is 3.00. The van der Waals surface area contributed by atoms with E-state index in [0.29, 0.717) is 18.0 Å². The van der Waals surface area contributed by atoms with Gasteiger partial charge in [0.2, 0.25) is 0 Å². The van der Waals surface area contributed by atoms with Crippen molar-refractivity contribution in [3.8, 4) is 17.0 Å². The van der Waals surface area contributed by atoms with Gasteiger partial charge in [0.15, 0.2) is 0 Å². The van der Waals surface area contributed by atoms with Crippen molar-refractivity contribution in [1.82, 2.24) is 9.78 Å². The van der Waals surface area contributed by atoms with E-state index in [1.165, 1.54) is 6.26 Å². The highest BCUT2D eigenvalue weighted by Gasteiger charge is 2.10. The lowest BCUT2D eigenvalue weighted by molar-refractivity contribution is 0.306. The third-order valence-corrected chi connectivity index (χ3v) is 4.78. The first-order chi connectivity index (χ1) is 12.4. The highest BCUT2D eigenvalue weighted by atomic mass is 32.2. The topological polar surface area (TPSA) is 87.2 Å². The molecule has 1 heterocycles. The fraction of sp³-hybridized carbons (Fsp3) is 0.211. The highest BCUT2D eigenvalue weighted by molar-refractivity contribution is 7.90. The van der Waals surface area contributed by atoms with Crippen molar-refractivity contribution in [3.63, 3.8) is 0 Å². The predicted molar refractivity (Wildman–Crippen MR) is 103 cm³/mol. The van der Waals surface area contributed by atoms with Gasteiger partial charge in [-0.05, 0) is 29.8 Å². The number of nitrogens with zero attached hydrogens (tertiary/aromatic N) is 2. The number of sulfone groups is 1. The molecule has 0 spiro atoms. The summed E-state index contributed by atoms with van der Waals surface area (Å²) in [6.07, 6.45) is 2.86. The second-order valence-corrected chi connectivity index (χ2v) is 8.38. The molecule has 0 aliphatic rings. The van der Waals surface area contributed by atoms with E-state index in [1.54, 1.807) is 10.9 Å². The first-order valence-electron chi connectivity index (χ1n) is 8.18. The Kier molecular flexibility index (Phi) is 5.27. The maximum atomic E-state index is 11.3. The molecule has 0 fully saturated rings. The molecule has 1 aromatic heterocycles. The van der Waals surface area contributed by atoms with Crippen LogP contribution in [-0.2, 0) is 23.0 Å². The van der Waals surface area contributed by atoms with Gasteiger partial charge in [0, 0.05) is 18.0 Å². The molecular weight excluding hydrogens is 350 g/mol. The minimum Gasteiger partial charge on any atom is -0.489 e. The Hall–Kier alpha value is -2.80. The lowest BCUT2D eigenvalue weighted by Crippen LogP contribution is -2.11. The van der Waals surface area contributed by atoms with Crippen molar-refractivity contribution < 1.29 is 13.2 Å². The summed E-state index contributed by atoms with van der Waals surface area (Å²) in [7, 11) is -3.04. The van der Waals surface area contributed by atoms with E-state index >= 15 is 0 Å². The maximum absolute atomic E-state index is 11.3. The molecule has 3 rings (SSSR count). The van der Waals surface area contributed by atoms with Gasteiger partial charge in [-0.25, -0.2) is 8.42 Å². The Bertz CT molecular complexity index is 965. The molecule has 26 heavy (non-hydrogen) atoms. The summed E-state index contributed by atoms with van der Waals surface area (Å²) in [6.45, 7) is 0.781. The lowest BCUT2D eigenvalue weighted by Gasteiger charge is -2.07. The molecule has 0 radical (unpaired) electrons. The molecule has 0 amide bonds. The fourth-order valence-electron chi connectivity index (χ4n) is 2.48. The van der Waals surface area contributed by atoms with Crippen LogP contribution in [0.4, 0.5) is 5.69 Å². The smallest absolute Gasteiger partial charge is 0.149 e. The Morgan fingerprint density at radius 1 is 1.08 bits per heavy atom. The minimum atomic E-state index is -3.04. The average Bonchev–Trinajstić information content (AvgIpc) is 3.00. The van der Waals surface area contributed by atoms with Crippen molar-refractivity contribution in [2.24, 2.45) is 0 Å². The van der Waals surface area contributed by atoms with Gasteiger partial charge in [0.1, 0.15) is 27.9 Å². The lowest BCUT2D eigenvalue weighted by atomic mass is 10.1.